The molecule has 0 aliphatic heterocycles. The molecule has 15 heavy (non-hydrogen) atoms. The largest absolute Gasteiger partial charge is 0.300 e. The summed E-state index contributed by atoms with van der Waals surface area (Å²) < 4.78 is 0. The Balaban J connectivity index is 2.87. The van der Waals surface area contributed by atoms with Crippen LogP contribution in [0.25, 0.3) is 0 Å². The molecule has 0 bridgehead atoms. The van der Waals surface area contributed by atoms with E-state index in [9.17, 15) is 4.79 Å². The van der Waals surface area contributed by atoms with Crippen LogP contribution in [0, 0.1) is 11.8 Å². The highest BCUT2D eigenvalue weighted by Crippen LogP contribution is 2.08. The smallest absolute Gasteiger partial charge is 0.134 e. The van der Waals surface area contributed by atoms with Gasteiger partial charge in [0.15, 0.2) is 0 Å². The molecule has 0 heterocycles. The Bertz CT molecular complexity index is 398. The highest BCUT2D eigenvalue weighted by molar-refractivity contribution is 6.18. The predicted molar refractivity (Wildman–Crippen MR) is 63.0 cm³/mol. The minimum absolute atomic E-state index is 0.154. The number of rotatable bonds is 3. The van der Waals surface area contributed by atoms with Crippen molar-refractivity contribution in [2.45, 2.75) is 19.8 Å². The number of Topliss-reactive ketones (excluding diaryl/α,β-unsaturated/α-hetero) is 1. The fourth-order valence-electron chi connectivity index (χ4n) is 1.27. The van der Waals surface area contributed by atoms with Gasteiger partial charge in [-0.15, -0.1) is 11.6 Å². The summed E-state index contributed by atoms with van der Waals surface area (Å²) in [5, 5.41) is 0. The van der Waals surface area contributed by atoms with E-state index in [2.05, 4.69) is 11.8 Å². The number of carbonyl (C=O) groups is 1. The lowest BCUT2D eigenvalue weighted by atomic mass is 10.0. The van der Waals surface area contributed by atoms with Crippen molar-refractivity contribution in [3.63, 3.8) is 0 Å². The van der Waals surface area contributed by atoms with Crippen molar-refractivity contribution < 1.29 is 4.79 Å². The lowest BCUT2D eigenvalue weighted by molar-refractivity contribution is -0.116. The molecular weight excluding hydrogens is 208 g/mol. The van der Waals surface area contributed by atoms with Gasteiger partial charge in [0.1, 0.15) is 5.78 Å². The fourth-order valence-corrected chi connectivity index (χ4v) is 1.36. The molecule has 0 saturated heterocycles. The summed E-state index contributed by atoms with van der Waals surface area (Å²) in [6.45, 7) is 1.59. The van der Waals surface area contributed by atoms with Gasteiger partial charge >= 0.3 is 0 Å². The van der Waals surface area contributed by atoms with Gasteiger partial charge in [-0.25, -0.2) is 0 Å². The quantitative estimate of drug-likeness (QED) is 0.566. The molecule has 0 aliphatic rings. The second-order valence-electron chi connectivity index (χ2n) is 3.28. The highest BCUT2D eigenvalue weighted by atomic mass is 35.5. The zero-order valence-electron chi connectivity index (χ0n) is 8.72. The normalized spacial score (nSPS) is 9.20. The van der Waals surface area contributed by atoms with Gasteiger partial charge in [-0.2, -0.15) is 0 Å². The van der Waals surface area contributed by atoms with Crippen molar-refractivity contribution in [1.29, 1.82) is 0 Å². The molecule has 0 fully saturated rings. The molecule has 0 amide bonds. The van der Waals surface area contributed by atoms with E-state index in [1.807, 2.05) is 24.3 Å². The molecular formula is C13H13ClO. The number of carbonyl (C=O) groups excluding carboxylic acids is 1. The number of alkyl halides is 1. The van der Waals surface area contributed by atoms with Crippen molar-refractivity contribution in [3.05, 3.63) is 35.4 Å². The first-order chi connectivity index (χ1) is 7.24. The molecule has 1 rings (SSSR count). The lowest BCUT2D eigenvalue weighted by Gasteiger charge is -2.00. The maximum Gasteiger partial charge on any atom is 0.134 e. The summed E-state index contributed by atoms with van der Waals surface area (Å²) >= 11 is 5.54. The molecule has 2 heteroatoms. The third kappa shape index (κ3) is 4.18. The van der Waals surface area contributed by atoms with Crippen molar-refractivity contribution in [1.82, 2.24) is 0 Å². The maximum absolute atomic E-state index is 11.0. The van der Waals surface area contributed by atoms with Crippen LogP contribution in [0.4, 0.5) is 0 Å². The van der Waals surface area contributed by atoms with E-state index in [1.54, 1.807) is 6.92 Å². The zero-order chi connectivity index (χ0) is 11.1. The van der Waals surface area contributed by atoms with Gasteiger partial charge in [0.2, 0.25) is 0 Å². The topological polar surface area (TPSA) is 17.1 Å². The van der Waals surface area contributed by atoms with Gasteiger partial charge in [0.05, 0.1) is 0 Å². The molecule has 0 radical (unpaired) electrons. The van der Waals surface area contributed by atoms with E-state index in [1.165, 1.54) is 0 Å². The summed E-state index contributed by atoms with van der Waals surface area (Å²) in [5.74, 6) is 6.70. The van der Waals surface area contributed by atoms with Crippen LogP contribution in [0.3, 0.4) is 0 Å². The van der Waals surface area contributed by atoms with Crippen LogP contribution >= 0.6 is 11.6 Å². The molecule has 0 spiro atoms. The Labute approximate surface area is 95.5 Å². The highest BCUT2D eigenvalue weighted by Gasteiger charge is 2.01. The second kappa shape index (κ2) is 6.27. The molecule has 0 aromatic heterocycles. The van der Waals surface area contributed by atoms with Crippen LogP contribution in [0.2, 0.25) is 0 Å². The number of benzene rings is 1. The van der Waals surface area contributed by atoms with Crippen molar-refractivity contribution in [3.8, 4) is 11.8 Å². The first-order valence-corrected chi connectivity index (χ1v) is 5.39. The molecule has 0 aliphatic carbocycles. The van der Waals surface area contributed by atoms with Gasteiger partial charge in [-0.3, -0.25) is 4.79 Å². The van der Waals surface area contributed by atoms with E-state index in [0.29, 0.717) is 18.7 Å². The van der Waals surface area contributed by atoms with E-state index in [-0.39, 0.29) is 5.78 Å². The zero-order valence-corrected chi connectivity index (χ0v) is 9.47. The van der Waals surface area contributed by atoms with E-state index >= 15 is 0 Å². The summed E-state index contributed by atoms with van der Waals surface area (Å²) in [5.41, 5.74) is 1.92. The Morgan fingerprint density at radius 3 is 2.80 bits per heavy atom. The van der Waals surface area contributed by atoms with Gasteiger partial charge in [0.25, 0.3) is 0 Å². The Morgan fingerprint density at radius 1 is 1.40 bits per heavy atom. The van der Waals surface area contributed by atoms with Gasteiger partial charge in [0, 0.05) is 24.3 Å². The average Bonchev–Trinajstić information content (AvgIpc) is 2.20. The van der Waals surface area contributed by atoms with Crippen LogP contribution in [0.5, 0.6) is 0 Å². The maximum atomic E-state index is 11.0. The SMILES string of the molecule is CC(=O)Cc1ccccc1C#CCCCl. The summed E-state index contributed by atoms with van der Waals surface area (Å²) in [6.07, 6.45) is 1.13. The van der Waals surface area contributed by atoms with Gasteiger partial charge < -0.3 is 0 Å². The third-order valence-electron chi connectivity index (χ3n) is 1.90. The molecule has 0 atom stereocenters. The number of hydrogen-bond donors (Lipinski definition) is 0. The third-order valence-corrected chi connectivity index (χ3v) is 2.09. The fraction of sp³-hybridized carbons (Fsp3) is 0.308. The Hall–Kier alpha value is -1.26. The number of ketones is 1. The number of hydrogen-bond acceptors (Lipinski definition) is 1. The van der Waals surface area contributed by atoms with Gasteiger partial charge in [-0.1, -0.05) is 30.0 Å². The molecule has 1 aromatic carbocycles. The first-order valence-electron chi connectivity index (χ1n) is 4.86. The van der Waals surface area contributed by atoms with Crippen molar-refractivity contribution >= 4 is 17.4 Å². The Morgan fingerprint density at radius 2 is 2.13 bits per heavy atom. The average molecular weight is 221 g/mol. The van der Waals surface area contributed by atoms with Crippen LogP contribution in [-0.2, 0) is 11.2 Å². The molecule has 0 unspecified atom stereocenters. The summed E-state index contributed by atoms with van der Waals surface area (Å²) in [6, 6.07) is 7.71. The standard InChI is InChI=1S/C13H13ClO/c1-11(15)10-13-8-3-2-6-12(13)7-4-5-9-14/h2-3,6,8H,5,9-10H2,1H3. The van der Waals surface area contributed by atoms with Crippen LogP contribution < -0.4 is 0 Å². The van der Waals surface area contributed by atoms with Gasteiger partial charge in [-0.05, 0) is 18.6 Å². The van der Waals surface area contributed by atoms with E-state index in [4.69, 9.17) is 11.6 Å². The predicted octanol–water partition coefficient (Wildman–Crippen LogP) is 2.80. The molecule has 78 valence electrons. The second-order valence-corrected chi connectivity index (χ2v) is 3.65. The summed E-state index contributed by atoms with van der Waals surface area (Å²) in [7, 11) is 0. The molecule has 0 N–H and O–H groups in total. The number of halogens is 1. The van der Waals surface area contributed by atoms with Crippen molar-refractivity contribution in [2.24, 2.45) is 0 Å². The molecule has 0 saturated carbocycles. The Kier molecular flexibility index (Phi) is 4.93. The van der Waals surface area contributed by atoms with Crippen LogP contribution in [0.15, 0.2) is 24.3 Å². The molecule has 1 nitrogen and oxygen atoms in total. The lowest BCUT2D eigenvalue weighted by Crippen LogP contribution is -1.98. The van der Waals surface area contributed by atoms with Crippen LogP contribution in [-0.4, -0.2) is 11.7 Å². The van der Waals surface area contributed by atoms with Crippen molar-refractivity contribution in [2.75, 3.05) is 5.88 Å². The van der Waals surface area contributed by atoms with E-state index in [0.717, 1.165) is 11.1 Å². The first kappa shape index (κ1) is 11.8. The summed E-state index contributed by atoms with van der Waals surface area (Å²) in [4.78, 5) is 11.0. The van der Waals surface area contributed by atoms with E-state index < -0.39 is 0 Å². The monoisotopic (exact) mass is 220 g/mol. The minimum atomic E-state index is 0.154. The minimum Gasteiger partial charge on any atom is -0.300 e. The molecule has 1 aromatic rings. The van der Waals surface area contributed by atoms with Crippen LogP contribution in [0.1, 0.15) is 24.5 Å².